The highest BCUT2D eigenvalue weighted by molar-refractivity contribution is 5.91. The van der Waals surface area contributed by atoms with Crippen LogP contribution in [0.3, 0.4) is 0 Å². The van der Waals surface area contributed by atoms with Crippen molar-refractivity contribution >= 4 is 17.6 Å². The summed E-state index contributed by atoms with van der Waals surface area (Å²) in [7, 11) is 1.52. The van der Waals surface area contributed by atoms with Crippen LogP contribution >= 0.6 is 0 Å². The van der Waals surface area contributed by atoms with Gasteiger partial charge in [0.15, 0.2) is 11.6 Å². The molecule has 20 heavy (non-hydrogen) atoms. The number of carbonyl (C=O) groups is 2. The summed E-state index contributed by atoms with van der Waals surface area (Å²) in [6.07, 6.45) is 2.74. The second-order valence-corrected chi connectivity index (χ2v) is 4.96. The number of pyridine rings is 1. The van der Waals surface area contributed by atoms with Crippen molar-refractivity contribution in [2.75, 3.05) is 19.0 Å². The maximum Gasteiger partial charge on any atom is 0.227 e. The van der Waals surface area contributed by atoms with Crippen molar-refractivity contribution < 1.29 is 14.3 Å². The monoisotopic (exact) mass is 277 g/mol. The molecule has 1 fully saturated rings. The van der Waals surface area contributed by atoms with Crippen LogP contribution in [0.15, 0.2) is 18.3 Å². The Balaban J connectivity index is 1.74. The van der Waals surface area contributed by atoms with Crippen molar-refractivity contribution in [3.8, 4) is 5.75 Å². The molecular weight excluding hydrogens is 258 g/mol. The largest absolute Gasteiger partial charge is 0.493 e. The standard InChI is InChI=1S/C14H19N3O3/c1-9-8-10(9)14(19)16-7-5-12(18)17-13-11(20-2)4-3-6-15-13/h3-4,6,9-10H,5,7-8H2,1-2H3,(H,16,19)(H,15,17,18)/t9-,10+/m0/s1. The van der Waals surface area contributed by atoms with Crippen molar-refractivity contribution in [1.29, 1.82) is 0 Å². The van der Waals surface area contributed by atoms with Gasteiger partial charge in [0.2, 0.25) is 11.8 Å². The molecule has 1 saturated carbocycles. The highest BCUT2D eigenvalue weighted by atomic mass is 16.5. The Morgan fingerprint density at radius 1 is 1.50 bits per heavy atom. The molecule has 1 aliphatic carbocycles. The Bertz CT molecular complexity index is 504. The summed E-state index contributed by atoms with van der Waals surface area (Å²) in [5, 5.41) is 5.43. The van der Waals surface area contributed by atoms with E-state index in [1.807, 2.05) is 6.92 Å². The van der Waals surface area contributed by atoms with Crippen LogP contribution in [-0.2, 0) is 9.59 Å². The molecule has 2 N–H and O–H groups in total. The Morgan fingerprint density at radius 3 is 2.90 bits per heavy atom. The van der Waals surface area contributed by atoms with E-state index in [4.69, 9.17) is 4.74 Å². The fourth-order valence-corrected chi connectivity index (χ4v) is 1.96. The molecule has 0 bridgehead atoms. The first kappa shape index (κ1) is 14.3. The normalized spacial score (nSPS) is 20.1. The van der Waals surface area contributed by atoms with Crippen molar-refractivity contribution in [1.82, 2.24) is 10.3 Å². The molecule has 0 aliphatic heterocycles. The predicted octanol–water partition coefficient (Wildman–Crippen LogP) is 1.19. The van der Waals surface area contributed by atoms with E-state index < -0.39 is 0 Å². The lowest BCUT2D eigenvalue weighted by Crippen LogP contribution is -2.29. The van der Waals surface area contributed by atoms with Gasteiger partial charge < -0.3 is 15.4 Å². The number of nitrogens with zero attached hydrogens (tertiary/aromatic N) is 1. The minimum absolute atomic E-state index is 0.0423. The first-order valence-corrected chi connectivity index (χ1v) is 6.68. The number of nitrogens with one attached hydrogen (secondary N) is 2. The van der Waals surface area contributed by atoms with Crippen LogP contribution in [0.2, 0.25) is 0 Å². The fraction of sp³-hybridized carbons (Fsp3) is 0.500. The zero-order valence-corrected chi connectivity index (χ0v) is 11.7. The second kappa shape index (κ2) is 6.36. The maximum absolute atomic E-state index is 11.8. The average Bonchev–Trinajstić information content (AvgIpc) is 3.16. The van der Waals surface area contributed by atoms with Crippen LogP contribution in [-0.4, -0.2) is 30.5 Å². The Morgan fingerprint density at radius 2 is 2.25 bits per heavy atom. The van der Waals surface area contributed by atoms with Crippen molar-refractivity contribution in [3.05, 3.63) is 18.3 Å². The number of methoxy groups -OCH3 is 1. The molecule has 2 rings (SSSR count). The zero-order valence-electron chi connectivity index (χ0n) is 11.7. The quantitative estimate of drug-likeness (QED) is 0.818. The van der Waals surface area contributed by atoms with Crippen LogP contribution in [0.1, 0.15) is 19.8 Å². The van der Waals surface area contributed by atoms with Crippen LogP contribution in [0.25, 0.3) is 0 Å². The van der Waals surface area contributed by atoms with Gasteiger partial charge >= 0.3 is 0 Å². The number of amides is 2. The molecule has 0 aromatic carbocycles. The van der Waals surface area contributed by atoms with E-state index in [0.29, 0.717) is 24.0 Å². The average molecular weight is 277 g/mol. The molecule has 1 heterocycles. The van der Waals surface area contributed by atoms with Gasteiger partial charge in [-0.2, -0.15) is 0 Å². The number of carbonyl (C=O) groups excluding carboxylic acids is 2. The van der Waals surface area contributed by atoms with Crippen LogP contribution in [0, 0.1) is 11.8 Å². The van der Waals surface area contributed by atoms with Gasteiger partial charge in [0.25, 0.3) is 0 Å². The van der Waals surface area contributed by atoms with Gasteiger partial charge in [-0.1, -0.05) is 6.92 Å². The molecule has 0 radical (unpaired) electrons. The predicted molar refractivity (Wildman–Crippen MR) is 74.3 cm³/mol. The molecule has 108 valence electrons. The van der Waals surface area contributed by atoms with Gasteiger partial charge in [-0.25, -0.2) is 4.98 Å². The molecular formula is C14H19N3O3. The van der Waals surface area contributed by atoms with Gasteiger partial charge in [-0.3, -0.25) is 9.59 Å². The zero-order chi connectivity index (χ0) is 14.5. The summed E-state index contributed by atoms with van der Waals surface area (Å²) in [5.74, 6) is 1.35. The van der Waals surface area contributed by atoms with Crippen LogP contribution in [0.5, 0.6) is 5.75 Å². The second-order valence-electron chi connectivity index (χ2n) is 4.96. The third-order valence-corrected chi connectivity index (χ3v) is 3.35. The Kier molecular flexibility index (Phi) is 4.55. The van der Waals surface area contributed by atoms with Gasteiger partial charge in [-0.05, 0) is 24.5 Å². The summed E-state index contributed by atoms with van der Waals surface area (Å²) in [5.41, 5.74) is 0. The molecule has 6 nitrogen and oxygen atoms in total. The fourth-order valence-electron chi connectivity index (χ4n) is 1.96. The SMILES string of the molecule is COc1cccnc1NC(=O)CCNC(=O)[C@@H]1C[C@@H]1C. The third kappa shape index (κ3) is 3.69. The summed E-state index contributed by atoms with van der Waals surface area (Å²) < 4.78 is 5.09. The summed E-state index contributed by atoms with van der Waals surface area (Å²) in [6, 6.07) is 3.45. The summed E-state index contributed by atoms with van der Waals surface area (Å²) >= 11 is 0. The van der Waals surface area contributed by atoms with Crippen LogP contribution in [0.4, 0.5) is 5.82 Å². The molecule has 0 unspecified atom stereocenters. The van der Waals surface area contributed by atoms with Crippen molar-refractivity contribution in [2.45, 2.75) is 19.8 Å². The number of hydrogen-bond acceptors (Lipinski definition) is 4. The van der Waals surface area contributed by atoms with E-state index in [9.17, 15) is 9.59 Å². The Hall–Kier alpha value is -2.11. The molecule has 1 aromatic rings. The van der Waals surface area contributed by atoms with E-state index in [-0.39, 0.29) is 24.2 Å². The highest BCUT2D eigenvalue weighted by Gasteiger charge is 2.38. The Labute approximate surface area is 117 Å². The third-order valence-electron chi connectivity index (χ3n) is 3.35. The molecule has 6 heteroatoms. The lowest BCUT2D eigenvalue weighted by Gasteiger charge is -2.09. The molecule has 1 aromatic heterocycles. The number of hydrogen-bond donors (Lipinski definition) is 2. The van der Waals surface area contributed by atoms with E-state index in [1.54, 1.807) is 18.3 Å². The summed E-state index contributed by atoms with van der Waals surface area (Å²) in [4.78, 5) is 27.4. The number of anilines is 1. The van der Waals surface area contributed by atoms with E-state index in [0.717, 1.165) is 6.42 Å². The minimum Gasteiger partial charge on any atom is -0.493 e. The lowest BCUT2D eigenvalue weighted by molar-refractivity contribution is -0.122. The number of rotatable bonds is 6. The highest BCUT2D eigenvalue weighted by Crippen LogP contribution is 2.37. The molecule has 0 saturated heterocycles. The van der Waals surface area contributed by atoms with E-state index >= 15 is 0 Å². The van der Waals surface area contributed by atoms with E-state index in [1.165, 1.54) is 7.11 Å². The van der Waals surface area contributed by atoms with Gasteiger partial charge in [0.1, 0.15) is 0 Å². The first-order chi connectivity index (χ1) is 9.61. The molecule has 2 amide bonds. The maximum atomic E-state index is 11.8. The molecule has 0 spiro atoms. The van der Waals surface area contributed by atoms with Gasteiger partial charge in [0.05, 0.1) is 7.11 Å². The molecule has 1 aliphatic rings. The minimum atomic E-state index is -0.203. The number of ether oxygens (including phenoxy) is 1. The first-order valence-electron chi connectivity index (χ1n) is 6.68. The van der Waals surface area contributed by atoms with Crippen molar-refractivity contribution in [3.63, 3.8) is 0 Å². The molecule has 2 atom stereocenters. The number of aromatic nitrogens is 1. The lowest BCUT2D eigenvalue weighted by atomic mass is 10.3. The van der Waals surface area contributed by atoms with E-state index in [2.05, 4.69) is 15.6 Å². The van der Waals surface area contributed by atoms with Gasteiger partial charge in [0, 0.05) is 25.1 Å². The van der Waals surface area contributed by atoms with Crippen LogP contribution < -0.4 is 15.4 Å². The van der Waals surface area contributed by atoms with Gasteiger partial charge in [-0.15, -0.1) is 0 Å². The topological polar surface area (TPSA) is 80.3 Å². The van der Waals surface area contributed by atoms with Crippen molar-refractivity contribution in [2.24, 2.45) is 11.8 Å². The summed E-state index contributed by atoms with van der Waals surface area (Å²) in [6.45, 7) is 2.38. The smallest absolute Gasteiger partial charge is 0.227 e.